The highest BCUT2D eigenvalue weighted by molar-refractivity contribution is 6.02. The van der Waals surface area contributed by atoms with Crippen LogP contribution in [-0.4, -0.2) is 34.0 Å². The highest BCUT2D eigenvalue weighted by atomic mass is 16.3. The largest absolute Gasteiger partial charge is 0.396 e. The number of nitrogens with zero attached hydrogens (tertiary/aromatic N) is 1. The maximum atomic E-state index is 11.3. The maximum Gasteiger partial charge on any atom is 0.230 e. The van der Waals surface area contributed by atoms with E-state index in [2.05, 4.69) is 0 Å². The van der Waals surface area contributed by atoms with E-state index in [-0.39, 0.29) is 18.4 Å². The minimum absolute atomic E-state index is 0.00986. The number of hydrogen-bond acceptors (Lipinski definition) is 3. The first kappa shape index (κ1) is 10.2. The molecule has 0 saturated carbocycles. The standard InChI is InChI=1S/C9H15NO3/c1-9(2,5-6-11)10-7(12)3-4-8(10)13/h11H,3-6H2,1-2H3. The molecule has 1 aliphatic rings. The Kier molecular flexibility index (Phi) is 2.71. The zero-order chi connectivity index (χ0) is 10.1. The van der Waals surface area contributed by atoms with Crippen molar-refractivity contribution in [1.82, 2.24) is 4.90 Å². The Morgan fingerprint density at radius 3 is 2.15 bits per heavy atom. The second-order valence-electron chi connectivity index (χ2n) is 3.91. The van der Waals surface area contributed by atoms with E-state index >= 15 is 0 Å². The summed E-state index contributed by atoms with van der Waals surface area (Å²) in [6.45, 7) is 3.58. The molecule has 0 atom stereocenters. The van der Waals surface area contributed by atoms with Crippen LogP contribution < -0.4 is 0 Å². The quantitative estimate of drug-likeness (QED) is 0.643. The highest BCUT2D eigenvalue weighted by Crippen LogP contribution is 2.25. The third-order valence-corrected chi connectivity index (χ3v) is 2.38. The fourth-order valence-electron chi connectivity index (χ4n) is 1.64. The third kappa shape index (κ3) is 1.88. The molecule has 74 valence electrons. The van der Waals surface area contributed by atoms with E-state index in [0.29, 0.717) is 19.3 Å². The van der Waals surface area contributed by atoms with Crippen LogP contribution in [0.2, 0.25) is 0 Å². The van der Waals surface area contributed by atoms with Crippen LogP contribution in [0.25, 0.3) is 0 Å². The van der Waals surface area contributed by atoms with Gasteiger partial charge in [0.2, 0.25) is 11.8 Å². The highest BCUT2D eigenvalue weighted by Gasteiger charge is 2.39. The molecule has 0 aromatic carbocycles. The number of carbonyl (C=O) groups excluding carboxylic acids is 2. The van der Waals surface area contributed by atoms with Crippen LogP contribution in [0, 0.1) is 0 Å². The van der Waals surface area contributed by atoms with Crippen molar-refractivity contribution in [3.05, 3.63) is 0 Å². The predicted molar refractivity (Wildman–Crippen MR) is 46.9 cm³/mol. The first-order chi connectivity index (χ1) is 5.99. The van der Waals surface area contributed by atoms with E-state index in [1.54, 1.807) is 13.8 Å². The molecule has 0 unspecified atom stereocenters. The smallest absolute Gasteiger partial charge is 0.230 e. The molecule has 13 heavy (non-hydrogen) atoms. The van der Waals surface area contributed by atoms with Crippen LogP contribution in [0.4, 0.5) is 0 Å². The average molecular weight is 185 g/mol. The molecule has 2 amide bonds. The Morgan fingerprint density at radius 2 is 1.77 bits per heavy atom. The fourth-order valence-corrected chi connectivity index (χ4v) is 1.64. The lowest BCUT2D eigenvalue weighted by Crippen LogP contribution is -2.47. The molecule has 1 rings (SSSR count). The van der Waals surface area contributed by atoms with E-state index in [1.807, 2.05) is 0 Å². The Hall–Kier alpha value is -0.900. The third-order valence-electron chi connectivity index (χ3n) is 2.38. The van der Waals surface area contributed by atoms with Gasteiger partial charge in [0.05, 0.1) is 0 Å². The molecule has 0 aliphatic carbocycles. The molecule has 1 N–H and O–H groups in total. The Balaban J connectivity index is 2.79. The summed E-state index contributed by atoms with van der Waals surface area (Å²) in [5.74, 6) is -0.244. The first-order valence-electron chi connectivity index (χ1n) is 4.46. The van der Waals surface area contributed by atoms with Crippen LogP contribution in [0.15, 0.2) is 0 Å². The first-order valence-corrected chi connectivity index (χ1v) is 4.46. The van der Waals surface area contributed by atoms with E-state index in [9.17, 15) is 9.59 Å². The van der Waals surface area contributed by atoms with E-state index in [1.165, 1.54) is 4.90 Å². The van der Waals surface area contributed by atoms with Gasteiger partial charge in [-0.1, -0.05) is 0 Å². The molecule has 1 heterocycles. The van der Waals surface area contributed by atoms with Gasteiger partial charge < -0.3 is 5.11 Å². The van der Waals surface area contributed by atoms with Crippen molar-refractivity contribution in [3.63, 3.8) is 0 Å². The summed E-state index contributed by atoms with van der Waals surface area (Å²) in [4.78, 5) is 23.9. The monoisotopic (exact) mass is 185 g/mol. The molecule has 1 aliphatic heterocycles. The van der Waals surface area contributed by atoms with Gasteiger partial charge in [0.1, 0.15) is 0 Å². The van der Waals surface area contributed by atoms with Gasteiger partial charge in [-0.2, -0.15) is 0 Å². The Labute approximate surface area is 77.5 Å². The van der Waals surface area contributed by atoms with Crippen molar-refractivity contribution in [1.29, 1.82) is 0 Å². The molecular formula is C9H15NO3. The lowest BCUT2D eigenvalue weighted by Gasteiger charge is -2.33. The zero-order valence-electron chi connectivity index (χ0n) is 8.04. The van der Waals surface area contributed by atoms with Crippen molar-refractivity contribution >= 4 is 11.8 Å². The van der Waals surface area contributed by atoms with Gasteiger partial charge in [0.15, 0.2) is 0 Å². The van der Waals surface area contributed by atoms with Crippen LogP contribution in [0.3, 0.4) is 0 Å². The van der Waals surface area contributed by atoms with E-state index in [0.717, 1.165) is 0 Å². The topological polar surface area (TPSA) is 57.6 Å². The van der Waals surface area contributed by atoms with E-state index in [4.69, 9.17) is 5.11 Å². The minimum atomic E-state index is -0.542. The van der Waals surface area contributed by atoms with Crippen molar-refractivity contribution in [2.45, 2.75) is 38.6 Å². The van der Waals surface area contributed by atoms with Crippen LogP contribution in [0.5, 0.6) is 0 Å². The van der Waals surface area contributed by atoms with Gasteiger partial charge in [0.25, 0.3) is 0 Å². The van der Waals surface area contributed by atoms with Gasteiger partial charge in [-0.15, -0.1) is 0 Å². The van der Waals surface area contributed by atoms with Crippen LogP contribution in [-0.2, 0) is 9.59 Å². The minimum Gasteiger partial charge on any atom is -0.396 e. The Morgan fingerprint density at radius 1 is 1.31 bits per heavy atom. The van der Waals surface area contributed by atoms with Crippen molar-refractivity contribution in [3.8, 4) is 0 Å². The normalized spacial score (nSPS) is 18.5. The predicted octanol–water partition coefficient (Wildman–Crippen LogP) is 0.296. The number of carbonyl (C=O) groups is 2. The van der Waals surface area contributed by atoms with Crippen LogP contribution in [0.1, 0.15) is 33.1 Å². The molecular weight excluding hydrogens is 170 g/mol. The molecule has 4 heteroatoms. The maximum absolute atomic E-state index is 11.3. The summed E-state index contributed by atoms with van der Waals surface area (Å²) in [7, 11) is 0. The molecule has 4 nitrogen and oxygen atoms in total. The van der Waals surface area contributed by atoms with E-state index < -0.39 is 5.54 Å². The summed E-state index contributed by atoms with van der Waals surface area (Å²) < 4.78 is 0. The number of hydrogen-bond donors (Lipinski definition) is 1. The molecule has 1 fully saturated rings. The molecule has 0 spiro atoms. The van der Waals surface area contributed by atoms with Crippen molar-refractivity contribution in [2.75, 3.05) is 6.61 Å². The summed E-state index contributed by atoms with van der Waals surface area (Å²) in [6.07, 6.45) is 1.06. The number of likely N-dealkylation sites (tertiary alicyclic amines) is 1. The lowest BCUT2D eigenvalue weighted by atomic mass is 9.99. The Bertz CT molecular complexity index is 219. The number of aliphatic hydroxyl groups is 1. The summed E-state index contributed by atoms with van der Waals surface area (Å²) in [5.41, 5.74) is -0.542. The summed E-state index contributed by atoms with van der Waals surface area (Å²) in [6, 6.07) is 0. The SMILES string of the molecule is CC(C)(CCO)N1C(=O)CCC1=O. The molecule has 0 bridgehead atoms. The fraction of sp³-hybridized carbons (Fsp3) is 0.778. The average Bonchev–Trinajstić information content (AvgIpc) is 2.31. The van der Waals surface area contributed by atoms with Gasteiger partial charge in [0, 0.05) is 25.0 Å². The number of rotatable bonds is 3. The van der Waals surface area contributed by atoms with Gasteiger partial charge in [-0.25, -0.2) is 0 Å². The molecule has 0 aromatic rings. The lowest BCUT2D eigenvalue weighted by molar-refractivity contribution is -0.144. The van der Waals surface area contributed by atoms with Gasteiger partial charge in [-0.3, -0.25) is 14.5 Å². The summed E-state index contributed by atoms with van der Waals surface area (Å²) in [5, 5.41) is 8.79. The second-order valence-corrected chi connectivity index (χ2v) is 3.91. The van der Waals surface area contributed by atoms with Gasteiger partial charge >= 0.3 is 0 Å². The molecule has 0 radical (unpaired) electrons. The van der Waals surface area contributed by atoms with Gasteiger partial charge in [-0.05, 0) is 20.3 Å². The van der Waals surface area contributed by atoms with Crippen LogP contribution >= 0.6 is 0 Å². The summed E-state index contributed by atoms with van der Waals surface area (Å²) >= 11 is 0. The molecule has 1 saturated heterocycles. The second kappa shape index (κ2) is 3.46. The van der Waals surface area contributed by atoms with Crippen molar-refractivity contribution < 1.29 is 14.7 Å². The number of amides is 2. The number of aliphatic hydroxyl groups excluding tert-OH is 1. The molecule has 0 aromatic heterocycles. The zero-order valence-corrected chi connectivity index (χ0v) is 8.04. The number of imide groups is 1. The van der Waals surface area contributed by atoms with Crippen molar-refractivity contribution in [2.24, 2.45) is 0 Å².